The molecule has 1 aliphatic heterocycles. The molecule has 6 heteroatoms. The summed E-state index contributed by atoms with van der Waals surface area (Å²) < 4.78 is 0. The van der Waals surface area contributed by atoms with Gasteiger partial charge >= 0.3 is 0 Å². The molecule has 0 aromatic carbocycles. The van der Waals surface area contributed by atoms with Crippen LogP contribution in [0.1, 0.15) is 41.8 Å². The summed E-state index contributed by atoms with van der Waals surface area (Å²) in [6, 6.07) is 0. The van der Waals surface area contributed by atoms with E-state index in [0.717, 1.165) is 44.1 Å². The molecule has 0 amide bonds. The topological polar surface area (TPSA) is 52.6 Å². The third-order valence-electron chi connectivity index (χ3n) is 4.15. The summed E-state index contributed by atoms with van der Waals surface area (Å²) in [6.45, 7) is 12.7. The fourth-order valence-corrected chi connectivity index (χ4v) is 3.70. The standard InChI is InChI=1S/C17H31N5S/c1-4-18-17(19-9-7-13-22-11-5-6-12-22)20-10-8-16-21-14(2)15(3)23-16/h4-13H2,1-3H3,(H2,18,19,20). The van der Waals surface area contributed by atoms with E-state index < -0.39 is 0 Å². The Balaban J connectivity index is 1.68. The number of likely N-dealkylation sites (tertiary alicyclic amines) is 1. The van der Waals surface area contributed by atoms with Crippen molar-refractivity contribution in [2.24, 2.45) is 4.99 Å². The van der Waals surface area contributed by atoms with E-state index >= 15 is 0 Å². The van der Waals surface area contributed by atoms with E-state index in [2.05, 4.69) is 46.3 Å². The summed E-state index contributed by atoms with van der Waals surface area (Å²) in [7, 11) is 0. The van der Waals surface area contributed by atoms with Crippen LogP contribution in [0.3, 0.4) is 0 Å². The van der Waals surface area contributed by atoms with E-state index in [0.29, 0.717) is 0 Å². The van der Waals surface area contributed by atoms with Crippen molar-refractivity contribution < 1.29 is 0 Å². The van der Waals surface area contributed by atoms with Gasteiger partial charge in [-0.05, 0) is 59.7 Å². The second-order valence-electron chi connectivity index (χ2n) is 6.09. The molecule has 1 aromatic heterocycles. The Hall–Kier alpha value is -1.14. The van der Waals surface area contributed by atoms with Crippen molar-refractivity contribution in [3.63, 3.8) is 0 Å². The van der Waals surface area contributed by atoms with Gasteiger partial charge in [-0.25, -0.2) is 4.98 Å². The maximum Gasteiger partial charge on any atom is 0.191 e. The third kappa shape index (κ3) is 6.47. The Kier molecular flexibility index (Phi) is 7.82. The van der Waals surface area contributed by atoms with Gasteiger partial charge in [0.25, 0.3) is 0 Å². The molecule has 0 saturated carbocycles. The second kappa shape index (κ2) is 9.88. The minimum absolute atomic E-state index is 0.879. The van der Waals surface area contributed by atoms with Crippen LogP contribution in [0.15, 0.2) is 4.99 Å². The van der Waals surface area contributed by atoms with Crippen molar-refractivity contribution in [1.82, 2.24) is 20.5 Å². The van der Waals surface area contributed by atoms with Crippen molar-refractivity contribution in [2.45, 2.75) is 46.5 Å². The molecular weight excluding hydrogens is 306 g/mol. The average molecular weight is 338 g/mol. The fourth-order valence-electron chi connectivity index (χ4n) is 2.77. The number of hydrogen-bond acceptors (Lipinski definition) is 4. The molecule has 130 valence electrons. The maximum absolute atomic E-state index is 4.68. The van der Waals surface area contributed by atoms with Gasteiger partial charge in [0, 0.05) is 30.9 Å². The van der Waals surface area contributed by atoms with Crippen molar-refractivity contribution in [3.8, 4) is 0 Å². The van der Waals surface area contributed by atoms with Crippen LogP contribution in [-0.2, 0) is 6.42 Å². The number of aromatic nitrogens is 1. The van der Waals surface area contributed by atoms with Crippen LogP contribution >= 0.6 is 11.3 Å². The quantitative estimate of drug-likeness (QED) is 0.434. The molecular formula is C17H31N5S. The van der Waals surface area contributed by atoms with E-state index in [1.165, 1.54) is 42.4 Å². The van der Waals surface area contributed by atoms with Gasteiger partial charge in [-0.15, -0.1) is 11.3 Å². The van der Waals surface area contributed by atoms with E-state index in [9.17, 15) is 0 Å². The summed E-state index contributed by atoms with van der Waals surface area (Å²) >= 11 is 1.80. The van der Waals surface area contributed by atoms with Crippen LogP contribution in [0.5, 0.6) is 0 Å². The van der Waals surface area contributed by atoms with Crippen LogP contribution in [0.25, 0.3) is 0 Å². The lowest BCUT2D eigenvalue weighted by molar-refractivity contribution is 0.336. The highest BCUT2D eigenvalue weighted by atomic mass is 32.1. The van der Waals surface area contributed by atoms with Gasteiger partial charge < -0.3 is 15.5 Å². The van der Waals surface area contributed by atoms with Crippen LogP contribution in [-0.4, -0.2) is 55.1 Å². The number of nitrogens with one attached hydrogen (secondary N) is 2. The number of aliphatic imine (C=N–C) groups is 1. The number of thiazole rings is 1. The summed E-state index contributed by atoms with van der Waals surface area (Å²) in [5.41, 5.74) is 1.16. The minimum Gasteiger partial charge on any atom is -0.357 e. The Morgan fingerprint density at radius 2 is 2.04 bits per heavy atom. The normalized spacial score (nSPS) is 16.0. The molecule has 0 spiro atoms. The van der Waals surface area contributed by atoms with Crippen LogP contribution in [0.4, 0.5) is 0 Å². The molecule has 23 heavy (non-hydrogen) atoms. The molecule has 1 saturated heterocycles. The average Bonchev–Trinajstić information content (AvgIpc) is 3.14. The monoisotopic (exact) mass is 337 g/mol. The second-order valence-corrected chi connectivity index (χ2v) is 7.38. The number of aryl methyl sites for hydroxylation is 2. The van der Waals surface area contributed by atoms with Gasteiger partial charge in [0.2, 0.25) is 0 Å². The van der Waals surface area contributed by atoms with Gasteiger partial charge in [0.15, 0.2) is 5.96 Å². The summed E-state index contributed by atoms with van der Waals surface area (Å²) in [4.78, 5) is 13.1. The van der Waals surface area contributed by atoms with Crippen molar-refractivity contribution >= 4 is 17.3 Å². The van der Waals surface area contributed by atoms with Gasteiger partial charge in [0.05, 0.1) is 10.7 Å². The van der Waals surface area contributed by atoms with E-state index in [-0.39, 0.29) is 0 Å². The van der Waals surface area contributed by atoms with Crippen molar-refractivity contribution in [1.29, 1.82) is 0 Å². The number of guanidine groups is 1. The molecule has 0 radical (unpaired) electrons. The maximum atomic E-state index is 4.68. The Morgan fingerprint density at radius 3 is 2.70 bits per heavy atom. The Bertz CT molecular complexity index is 472. The molecule has 5 nitrogen and oxygen atoms in total. The van der Waals surface area contributed by atoms with E-state index in [4.69, 9.17) is 0 Å². The molecule has 1 fully saturated rings. The van der Waals surface area contributed by atoms with Gasteiger partial charge in [0.1, 0.15) is 0 Å². The molecule has 0 unspecified atom stereocenters. The molecule has 1 aliphatic rings. The molecule has 0 bridgehead atoms. The highest BCUT2D eigenvalue weighted by molar-refractivity contribution is 7.11. The molecule has 2 N–H and O–H groups in total. The lowest BCUT2D eigenvalue weighted by atomic mass is 10.4. The lowest BCUT2D eigenvalue weighted by Gasteiger charge is -2.14. The lowest BCUT2D eigenvalue weighted by Crippen LogP contribution is -2.38. The largest absolute Gasteiger partial charge is 0.357 e. The fraction of sp³-hybridized carbons (Fsp3) is 0.765. The molecule has 2 rings (SSSR count). The van der Waals surface area contributed by atoms with Crippen LogP contribution in [0.2, 0.25) is 0 Å². The molecule has 1 aromatic rings. The smallest absolute Gasteiger partial charge is 0.191 e. The zero-order valence-electron chi connectivity index (χ0n) is 14.8. The number of hydrogen-bond donors (Lipinski definition) is 2. The van der Waals surface area contributed by atoms with Gasteiger partial charge in [-0.1, -0.05) is 0 Å². The highest BCUT2D eigenvalue weighted by Crippen LogP contribution is 2.16. The SMILES string of the molecule is CCNC(=NCCCN1CCCC1)NCCc1nc(C)c(C)s1. The highest BCUT2D eigenvalue weighted by Gasteiger charge is 2.10. The van der Waals surface area contributed by atoms with Crippen molar-refractivity contribution in [3.05, 3.63) is 15.6 Å². The third-order valence-corrected chi connectivity index (χ3v) is 5.28. The zero-order valence-corrected chi connectivity index (χ0v) is 15.6. The molecule has 2 heterocycles. The number of nitrogens with zero attached hydrogens (tertiary/aromatic N) is 3. The summed E-state index contributed by atoms with van der Waals surface area (Å²) in [6.07, 6.45) is 4.82. The molecule has 0 aliphatic carbocycles. The Morgan fingerprint density at radius 1 is 1.26 bits per heavy atom. The van der Waals surface area contributed by atoms with Gasteiger partial charge in [-0.2, -0.15) is 0 Å². The first kappa shape index (κ1) is 18.2. The first-order chi connectivity index (χ1) is 11.2. The first-order valence-electron chi connectivity index (χ1n) is 8.86. The van der Waals surface area contributed by atoms with E-state index in [1.54, 1.807) is 11.3 Å². The first-order valence-corrected chi connectivity index (χ1v) is 9.68. The molecule has 0 atom stereocenters. The summed E-state index contributed by atoms with van der Waals surface area (Å²) in [5.74, 6) is 0.930. The van der Waals surface area contributed by atoms with Crippen LogP contribution in [0, 0.1) is 13.8 Å². The predicted molar refractivity (Wildman–Crippen MR) is 99.6 cm³/mol. The Labute approximate surface area is 144 Å². The van der Waals surface area contributed by atoms with Gasteiger partial charge in [-0.3, -0.25) is 4.99 Å². The van der Waals surface area contributed by atoms with Crippen molar-refractivity contribution in [2.75, 3.05) is 39.3 Å². The number of rotatable bonds is 8. The van der Waals surface area contributed by atoms with E-state index in [1.807, 2.05) is 0 Å². The predicted octanol–water partition coefficient (Wildman–Crippen LogP) is 2.34. The van der Waals surface area contributed by atoms with Crippen LogP contribution < -0.4 is 10.6 Å². The summed E-state index contributed by atoms with van der Waals surface area (Å²) in [5, 5.41) is 7.95. The zero-order chi connectivity index (χ0) is 16.5. The minimum atomic E-state index is 0.879.